The first-order chi connectivity index (χ1) is 5.63. The molecule has 0 N–H and O–H groups in total. The molecule has 0 aliphatic heterocycles. The number of allylic oxidation sites excluding steroid dienone is 5. The zero-order chi connectivity index (χ0) is 9.56. The summed E-state index contributed by atoms with van der Waals surface area (Å²) in [6.07, 6.45) is 7.35. The summed E-state index contributed by atoms with van der Waals surface area (Å²) in [5, 5.41) is 0. The molecule has 68 valence electrons. The Labute approximate surface area is 76.7 Å². The highest BCUT2D eigenvalue weighted by molar-refractivity contribution is 5.32. The maximum atomic E-state index is 4.08. The van der Waals surface area contributed by atoms with E-state index >= 15 is 0 Å². The van der Waals surface area contributed by atoms with E-state index in [4.69, 9.17) is 0 Å². The molecule has 0 heteroatoms. The molecule has 0 fully saturated rings. The fraction of sp³-hybridized carbons (Fsp3) is 0.500. The van der Waals surface area contributed by atoms with Crippen LogP contribution in [0.2, 0.25) is 0 Å². The fourth-order valence-corrected chi connectivity index (χ4v) is 1.04. The Kier molecular flexibility index (Phi) is 5.44. The van der Waals surface area contributed by atoms with E-state index in [9.17, 15) is 0 Å². The van der Waals surface area contributed by atoms with Gasteiger partial charge in [0.05, 0.1) is 0 Å². The molecule has 0 aliphatic rings. The predicted molar refractivity (Wildman–Crippen MR) is 57.2 cm³/mol. The van der Waals surface area contributed by atoms with Gasteiger partial charge < -0.3 is 0 Å². The van der Waals surface area contributed by atoms with Gasteiger partial charge >= 0.3 is 0 Å². The standard InChI is InChI=1S/C12H20/c1-6-8-9-12(7-2)11(5)10(3)4/h6,8-10H,5,7H2,1-4H3/b8-6+,12-9-. The van der Waals surface area contributed by atoms with Gasteiger partial charge in [-0.3, -0.25) is 0 Å². The van der Waals surface area contributed by atoms with E-state index in [1.807, 2.05) is 13.0 Å². The van der Waals surface area contributed by atoms with Crippen LogP contribution >= 0.6 is 0 Å². The van der Waals surface area contributed by atoms with Crippen LogP contribution in [0.15, 0.2) is 36.0 Å². The molecule has 0 aliphatic carbocycles. The van der Waals surface area contributed by atoms with Crippen molar-refractivity contribution >= 4 is 0 Å². The maximum Gasteiger partial charge on any atom is -0.0222 e. The summed E-state index contributed by atoms with van der Waals surface area (Å²) in [5.74, 6) is 0.557. The first-order valence-corrected chi connectivity index (χ1v) is 4.64. The van der Waals surface area contributed by atoms with Crippen molar-refractivity contribution < 1.29 is 0 Å². The van der Waals surface area contributed by atoms with E-state index in [1.165, 1.54) is 11.1 Å². The Hall–Kier alpha value is -0.780. The lowest BCUT2D eigenvalue weighted by molar-refractivity contribution is 0.770. The number of hydrogen-bond acceptors (Lipinski definition) is 0. The highest BCUT2D eigenvalue weighted by Crippen LogP contribution is 2.19. The molecular formula is C12H20. The van der Waals surface area contributed by atoms with Crippen LogP contribution < -0.4 is 0 Å². The van der Waals surface area contributed by atoms with E-state index in [-0.39, 0.29) is 0 Å². The van der Waals surface area contributed by atoms with Crippen LogP contribution in [0.4, 0.5) is 0 Å². The summed E-state index contributed by atoms with van der Waals surface area (Å²) < 4.78 is 0. The fourth-order valence-electron chi connectivity index (χ4n) is 1.04. The van der Waals surface area contributed by atoms with Crippen LogP contribution in [0.3, 0.4) is 0 Å². The quantitative estimate of drug-likeness (QED) is 0.548. The summed E-state index contributed by atoms with van der Waals surface area (Å²) in [7, 11) is 0. The van der Waals surface area contributed by atoms with E-state index in [0.29, 0.717) is 5.92 Å². The van der Waals surface area contributed by atoms with E-state index in [2.05, 4.69) is 39.5 Å². The molecule has 0 bridgehead atoms. The van der Waals surface area contributed by atoms with Crippen molar-refractivity contribution in [3.8, 4) is 0 Å². The molecule has 0 saturated carbocycles. The second-order valence-corrected chi connectivity index (χ2v) is 3.25. The molecule has 0 aromatic carbocycles. The molecule has 12 heavy (non-hydrogen) atoms. The largest absolute Gasteiger partial charge is 0.0953 e. The van der Waals surface area contributed by atoms with Gasteiger partial charge in [0.2, 0.25) is 0 Å². The molecule has 0 aromatic rings. The van der Waals surface area contributed by atoms with Crippen LogP contribution in [0.5, 0.6) is 0 Å². The lowest BCUT2D eigenvalue weighted by atomic mass is 9.95. The Morgan fingerprint density at radius 2 is 2.00 bits per heavy atom. The lowest BCUT2D eigenvalue weighted by Crippen LogP contribution is -1.95. The summed E-state index contributed by atoms with van der Waals surface area (Å²) in [6.45, 7) is 12.6. The molecule has 0 nitrogen and oxygen atoms in total. The highest BCUT2D eigenvalue weighted by Gasteiger charge is 2.03. The van der Waals surface area contributed by atoms with Crippen molar-refractivity contribution in [2.24, 2.45) is 5.92 Å². The topological polar surface area (TPSA) is 0 Å². The normalized spacial score (nSPS) is 12.9. The van der Waals surface area contributed by atoms with Crippen LogP contribution in [0.25, 0.3) is 0 Å². The molecule has 0 aromatic heterocycles. The molecule has 0 heterocycles. The SMILES string of the molecule is C=C(/C(=C\C=C\C)CC)C(C)C. The second kappa shape index (κ2) is 5.82. The number of rotatable bonds is 4. The summed E-state index contributed by atoms with van der Waals surface area (Å²) in [4.78, 5) is 0. The van der Waals surface area contributed by atoms with Crippen molar-refractivity contribution in [2.75, 3.05) is 0 Å². The van der Waals surface area contributed by atoms with Crippen LogP contribution in [0, 0.1) is 5.92 Å². The summed E-state index contributed by atoms with van der Waals surface area (Å²) in [5.41, 5.74) is 2.62. The minimum Gasteiger partial charge on any atom is -0.0953 e. The van der Waals surface area contributed by atoms with Gasteiger partial charge in [-0.15, -0.1) is 0 Å². The van der Waals surface area contributed by atoms with Gasteiger partial charge in [-0.1, -0.05) is 45.6 Å². The molecule has 0 amide bonds. The van der Waals surface area contributed by atoms with Gasteiger partial charge in [0.1, 0.15) is 0 Å². The van der Waals surface area contributed by atoms with Gasteiger partial charge in [-0.2, -0.15) is 0 Å². The first-order valence-electron chi connectivity index (χ1n) is 4.64. The monoisotopic (exact) mass is 164 g/mol. The van der Waals surface area contributed by atoms with Crippen LogP contribution in [0.1, 0.15) is 34.1 Å². The van der Waals surface area contributed by atoms with E-state index in [0.717, 1.165) is 6.42 Å². The van der Waals surface area contributed by atoms with Gasteiger partial charge in [0, 0.05) is 0 Å². The Morgan fingerprint density at radius 3 is 2.33 bits per heavy atom. The molecular weight excluding hydrogens is 144 g/mol. The van der Waals surface area contributed by atoms with Gasteiger partial charge in [0.25, 0.3) is 0 Å². The molecule has 0 spiro atoms. The zero-order valence-corrected chi connectivity index (χ0v) is 8.72. The van der Waals surface area contributed by atoms with E-state index < -0.39 is 0 Å². The predicted octanol–water partition coefficient (Wildman–Crippen LogP) is 4.11. The summed E-state index contributed by atoms with van der Waals surface area (Å²) >= 11 is 0. The van der Waals surface area contributed by atoms with Crippen molar-refractivity contribution in [3.05, 3.63) is 36.0 Å². The van der Waals surface area contributed by atoms with E-state index in [1.54, 1.807) is 0 Å². The molecule has 0 radical (unpaired) electrons. The van der Waals surface area contributed by atoms with Crippen LogP contribution in [-0.4, -0.2) is 0 Å². The third-order valence-electron chi connectivity index (χ3n) is 1.98. The smallest absolute Gasteiger partial charge is 0.0222 e. The zero-order valence-electron chi connectivity index (χ0n) is 8.72. The van der Waals surface area contributed by atoms with Crippen molar-refractivity contribution in [2.45, 2.75) is 34.1 Å². The number of hydrogen-bond donors (Lipinski definition) is 0. The van der Waals surface area contributed by atoms with Crippen LogP contribution in [-0.2, 0) is 0 Å². The van der Waals surface area contributed by atoms with Gasteiger partial charge in [-0.25, -0.2) is 0 Å². The molecule has 0 atom stereocenters. The minimum atomic E-state index is 0.557. The van der Waals surface area contributed by atoms with Crippen molar-refractivity contribution in [1.29, 1.82) is 0 Å². The second-order valence-electron chi connectivity index (χ2n) is 3.25. The molecule has 0 unspecified atom stereocenters. The minimum absolute atomic E-state index is 0.557. The average molecular weight is 164 g/mol. The van der Waals surface area contributed by atoms with Gasteiger partial charge in [0.15, 0.2) is 0 Å². The Morgan fingerprint density at radius 1 is 1.42 bits per heavy atom. The Bertz CT molecular complexity index is 192. The summed E-state index contributed by atoms with van der Waals surface area (Å²) in [6, 6.07) is 0. The lowest BCUT2D eigenvalue weighted by Gasteiger charge is -2.11. The average Bonchev–Trinajstić information content (AvgIpc) is 2.05. The highest BCUT2D eigenvalue weighted by atomic mass is 14.1. The molecule has 0 rings (SSSR count). The third kappa shape index (κ3) is 3.56. The van der Waals surface area contributed by atoms with Crippen molar-refractivity contribution in [3.63, 3.8) is 0 Å². The first kappa shape index (κ1) is 11.2. The molecule has 0 saturated heterocycles. The van der Waals surface area contributed by atoms with Crippen molar-refractivity contribution in [1.82, 2.24) is 0 Å². The third-order valence-corrected chi connectivity index (χ3v) is 1.98. The maximum absolute atomic E-state index is 4.08. The Balaban J connectivity index is 4.44. The van der Waals surface area contributed by atoms with Gasteiger partial charge in [-0.05, 0) is 30.4 Å².